The number of aromatic nitrogens is 2. The maximum Gasteiger partial charge on any atom is 0.282 e. The minimum Gasteiger partial charge on any atom is -0.744 e. The van der Waals surface area contributed by atoms with Crippen molar-refractivity contribution >= 4 is 33.3 Å². The van der Waals surface area contributed by atoms with Crippen molar-refractivity contribution in [2.24, 2.45) is 10.2 Å². The van der Waals surface area contributed by atoms with E-state index in [1.54, 1.807) is 6.92 Å². The molecule has 0 aliphatic carbocycles. The van der Waals surface area contributed by atoms with E-state index >= 15 is 0 Å². The van der Waals surface area contributed by atoms with Gasteiger partial charge >= 0.3 is 0 Å². The summed E-state index contributed by atoms with van der Waals surface area (Å²) in [6.45, 7) is 1.61. The summed E-state index contributed by atoms with van der Waals surface area (Å²) in [5, 5.41) is 7.16. The van der Waals surface area contributed by atoms with Crippen LogP contribution in [-0.4, -0.2) is 22.9 Å². The summed E-state index contributed by atoms with van der Waals surface area (Å²) >= 11 is 0. The predicted octanol–water partition coefficient (Wildman–Crippen LogP) is 1.20. The quantitative estimate of drug-likeness (QED) is 0.554. The molecule has 0 radical (unpaired) electrons. The average molecular weight is 339 g/mol. The molecule has 0 amide bonds. The summed E-state index contributed by atoms with van der Waals surface area (Å²) in [6, 6.07) is 3.99. The Kier molecular flexibility index (Phi) is 5.19. The van der Waals surface area contributed by atoms with Gasteiger partial charge in [0.05, 0.1) is 4.90 Å². The molecule has 0 bridgehead atoms. The van der Waals surface area contributed by atoms with Crippen molar-refractivity contribution in [2.75, 3.05) is 11.5 Å². The number of nitrogens with one attached hydrogen (secondary N) is 1. The third-order valence-corrected chi connectivity index (χ3v) is 3.45. The second-order valence-electron chi connectivity index (χ2n) is 4.31. The van der Waals surface area contributed by atoms with Crippen LogP contribution in [0.15, 0.2) is 38.1 Å². The maximum absolute atomic E-state index is 11.6. The number of nitrogens with zero attached hydrogens (tertiary/aromatic N) is 3. The van der Waals surface area contributed by atoms with Crippen LogP contribution >= 0.6 is 0 Å². The number of aryl methyl sites for hydroxylation is 1. The Balaban J connectivity index is 0.00000264. The van der Waals surface area contributed by atoms with Gasteiger partial charge in [0.25, 0.3) is 5.56 Å². The largest absolute Gasteiger partial charge is 0.744 e. The van der Waals surface area contributed by atoms with Crippen molar-refractivity contribution in [3.8, 4) is 0 Å². The number of azo groups is 1. The molecular weight excluding hydrogens is 324 g/mol. The number of hydrogen-bond acceptors (Lipinski definition) is 9. The van der Waals surface area contributed by atoms with Crippen molar-refractivity contribution in [1.82, 2.24) is 9.97 Å². The van der Waals surface area contributed by atoms with Gasteiger partial charge in [0.2, 0.25) is 5.95 Å². The highest BCUT2D eigenvalue weighted by Crippen LogP contribution is 2.27. The Bertz CT molecular complexity index is 920. The molecule has 0 saturated carbocycles. The minimum atomic E-state index is -4.74. The number of nitrogens with two attached hydrogens (primary N) is 2. The van der Waals surface area contributed by atoms with E-state index in [-0.39, 0.29) is 30.6 Å². The van der Waals surface area contributed by atoms with Crippen LogP contribution in [0, 0.1) is 6.92 Å². The minimum absolute atomic E-state index is 0. The number of hydrogen-bond donors (Lipinski definition) is 3. The van der Waals surface area contributed by atoms with Crippen molar-refractivity contribution < 1.29 is 13.0 Å². The van der Waals surface area contributed by atoms with Crippen LogP contribution in [0.25, 0.3) is 0 Å². The highest BCUT2D eigenvalue weighted by molar-refractivity contribution is 7.86. The fourth-order valence-electron chi connectivity index (χ4n) is 1.61. The molecule has 0 aliphatic heterocycles. The van der Waals surface area contributed by atoms with E-state index in [1.807, 2.05) is 0 Å². The molecule has 0 spiro atoms. The molecule has 124 valence electrons. The van der Waals surface area contributed by atoms with Crippen LogP contribution in [0.4, 0.5) is 23.1 Å². The molecule has 5 N–H and O–H groups in total. The lowest BCUT2D eigenvalue weighted by Gasteiger charge is -2.10. The van der Waals surface area contributed by atoms with E-state index in [9.17, 15) is 17.8 Å². The highest BCUT2D eigenvalue weighted by atomic mass is 32.2. The molecule has 10 nitrogen and oxygen atoms in total. The predicted molar refractivity (Wildman–Crippen MR) is 83.7 cm³/mol. The molecule has 2 rings (SSSR count). The number of H-pyrrole nitrogens is 1. The lowest BCUT2D eigenvalue weighted by atomic mass is 10.2. The molecule has 0 aliphatic rings. The molecule has 0 fully saturated rings. The van der Waals surface area contributed by atoms with E-state index in [1.165, 1.54) is 12.1 Å². The number of benzene rings is 1. The number of aromatic amines is 1. The summed E-state index contributed by atoms with van der Waals surface area (Å²) in [5.74, 6) is -0.469. The van der Waals surface area contributed by atoms with Gasteiger partial charge in [0.1, 0.15) is 15.8 Å². The van der Waals surface area contributed by atoms with Crippen LogP contribution < -0.4 is 17.0 Å². The third-order valence-electron chi connectivity index (χ3n) is 2.58. The normalized spacial score (nSPS) is 11.4. The zero-order valence-electron chi connectivity index (χ0n) is 11.3. The number of rotatable bonds is 3. The Morgan fingerprint density at radius 2 is 1.91 bits per heavy atom. The highest BCUT2D eigenvalue weighted by Gasteiger charge is 2.11. The molecule has 1 aromatic heterocycles. The van der Waals surface area contributed by atoms with Gasteiger partial charge in [0.15, 0.2) is 11.5 Å². The first-order valence-corrected chi connectivity index (χ1v) is 7.23. The smallest absolute Gasteiger partial charge is 0.282 e. The van der Waals surface area contributed by atoms with Gasteiger partial charge < -0.3 is 16.0 Å². The second-order valence-corrected chi connectivity index (χ2v) is 5.66. The molecule has 0 unspecified atom stereocenters. The monoisotopic (exact) mass is 339 g/mol. The van der Waals surface area contributed by atoms with Crippen LogP contribution in [0.5, 0.6) is 0 Å². The van der Waals surface area contributed by atoms with E-state index in [0.29, 0.717) is 5.56 Å². The van der Waals surface area contributed by atoms with Crippen LogP contribution in [0.2, 0.25) is 0 Å². The lowest BCUT2D eigenvalue weighted by Crippen LogP contribution is -2.12. The van der Waals surface area contributed by atoms with Crippen LogP contribution in [0.1, 0.15) is 13.0 Å². The topological polar surface area (TPSA) is 180 Å². The molecular formula is C12H15N6O4S-. The lowest BCUT2D eigenvalue weighted by molar-refractivity contribution is 0.463. The van der Waals surface area contributed by atoms with Gasteiger partial charge in [0, 0.05) is 0 Å². The van der Waals surface area contributed by atoms with E-state index in [0.717, 1.165) is 6.07 Å². The first-order valence-electron chi connectivity index (χ1n) is 5.82. The van der Waals surface area contributed by atoms with Crippen molar-refractivity contribution in [3.63, 3.8) is 0 Å². The summed E-state index contributed by atoms with van der Waals surface area (Å²) in [4.78, 5) is 16.8. The number of nitrogen functional groups attached to an aromatic ring is 2. The van der Waals surface area contributed by atoms with E-state index in [4.69, 9.17) is 11.5 Å². The van der Waals surface area contributed by atoms with Gasteiger partial charge in [-0.25, -0.2) is 8.42 Å². The van der Waals surface area contributed by atoms with Crippen molar-refractivity contribution in [1.29, 1.82) is 0 Å². The van der Waals surface area contributed by atoms with Gasteiger partial charge in [-0.2, -0.15) is 4.98 Å². The fourth-order valence-corrected chi connectivity index (χ4v) is 2.30. The van der Waals surface area contributed by atoms with Gasteiger partial charge in [-0.3, -0.25) is 9.78 Å². The molecule has 0 saturated heterocycles. The summed E-state index contributed by atoms with van der Waals surface area (Å²) in [5.41, 5.74) is 10.0. The Morgan fingerprint density at radius 3 is 2.48 bits per heavy atom. The van der Waals surface area contributed by atoms with Gasteiger partial charge in [-0.15, -0.1) is 10.2 Å². The molecule has 23 heavy (non-hydrogen) atoms. The van der Waals surface area contributed by atoms with Crippen molar-refractivity contribution in [3.05, 3.63) is 34.1 Å². The zero-order chi connectivity index (χ0) is 16.5. The molecule has 1 aromatic carbocycles. The van der Waals surface area contributed by atoms with Gasteiger partial charge in [-0.1, -0.05) is 13.5 Å². The molecule has 0 atom stereocenters. The first-order chi connectivity index (χ1) is 10.2. The Morgan fingerprint density at radius 1 is 1.26 bits per heavy atom. The molecule has 11 heteroatoms. The van der Waals surface area contributed by atoms with Crippen LogP contribution in [-0.2, 0) is 10.1 Å². The van der Waals surface area contributed by atoms with E-state index in [2.05, 4.69) is 20.2 Å². The summed E-state index contributed by atoms with van der Waals surface area (Å²) in [6.07, 6.45) is 0. The average Bonchev–Trinajstić information content (AvgIpc) is 2.37. The third kappa shape index (κ3) is 4.11. The SMILES string of the molecule is C.Cc1ccc(N=Nc2c(N)nc(N)[nH]c2=O)c(S(=O)(=O)[O-])c1. The molecule has 2 aromatic rings. The molecule has 1 heterocycles. The first kappa shape index (κ1) is 18.3. The second kappa shape index (κ2) is 6.54. The summed E-state index contributed by atoms with van der Waals surface area (Å²) < 4.78 is 33.7. The zero-order valence-corrected chi connectivity index (χ0v) is 12.1. The number of anilines is 2. The van der Waals surface area contributed by atoms with Gasteiger partial charge in [-0.05, 0) is 24.6 Å². The standard InChI is InChI=1S/C11H12N6O4S.CH4/c1-5-2-3-6(7(4-5)22(19,20)21)16-17-8-9(12)14-11(13)15-10(8)18;/h2-4H,1H3,(H,19,20,21)(H5,12,13,14,15,18);1H4/p-1. The summed E-state index contributed by atoms with van der Waals surface area (Å²) in [7, 11) is -4.74. The van der Waals surface area contributed by atoms with E-state index < -0.39 is 20.6 Å². The van der Waals surface area contributed by atoms with Crippen LogP contribution in [0.3, 0.4) is 0 Å². The Hall–Kier alpha value is -2.79. The fraction of sp³-hybridized carbons (Fsp3) is 0.167. The van der Waals surface area contributed by atoms with Crippen molar-refractivity contribution in [2.45, 2.75) is 19.2 Å². The maximum atomic E-state index is 11.6. The Labute approximate surface area is 132 Å².